The lowest BCUT2D eigenvalue weighted by molar-refractivity contribution is 0.0643. The smallest absolute Gasteiger partial charge is 0.254 e. The Kier molecular flexibility index (Phi) is 6.00. The van der Waals surface area contributed by atoms with E-state index < -0.39 is 0 Å². The van der Waals surface area contributed by atoms with Crippen molar-refractivity contribution in [3.05, 3.63) is 53.7 Å². The molecule has 2 fully saturated rings. The zero-order valence-electron chi connectivity index (χ0n) is 17.5. The van der Waals surface area contributed by atoms with Crippen LogP contribution in [-0.4, -0.2) is 79.6 Å². The number of hydrogen-bond acceptors (Lipinski definition) is 5. The number of aryl methyl sites for hydroxylation is 1. The maximum absolute atomic E-state index is 13.0. The van der Waals surface area contributed by atoms with Crippen molar-refractivity contribution in [2.24, 2.45) is 0 Å². The highest BCUT2D eigenvalue weighted by atomic mass is 16.2. The first-order chi connectivity index (χ1) is 14.1. The van der Waals surface area contributed by atoms with Crippen LogP contribution in [0.2, 0.25) is 0 Å². The SMILES string of the molecule is CCN1CCN(C(=O)c2ccnc(N3CCN(c4cccc(C)c4)CC3)c2)CC1. The van der Waals surface area contributed by atoms with Crippen LogP contribution in [0.5, 0.6) is 0 Å². The molecule has 1 amide bonds. The zero-order valence-corrected chi connectivity index (χ0v) is 17.5. The number of pyridine rings is 1. The number of amides is 1. The topological polar surface area (TPSA) is 42.9 Å². The summed E-state index contributed by atoms with van der Waals surface area (Å²) < 4.78 is 0. The van der Waals surface area contributed by atoms with Crippen LogP contribution in [0.1, 0.15) is 22.8 Å². The van der Waals surface area contributed by atoms with E-state index in [4.69, 9.17) is 0 Å². The fourth-order valence-electron chi connectivity index (χ4n) is 4.19. The van der Waals surface area contributed by atoms with Crippen molar-refractivity contribution in [3.63, 3.8) is 0 Å². The molecule has 1 aromatic heterocycles. The first kappa shape index (κ1) is 19.7. The molecule has 2 saturated heterocycles. The second kappa shape index (κ2) is 8.82. The lowest BCUT2D eigenvalue weighted by atomic mass is 10.1. The molecule has 0 aliphatic carbocycles. The van der Waals surface area contributed by atoms with Gasteiger partial charge in [0.25, 0.3) is 5.91 Å². The predicted octanol–water partition coefficient (Wildman–Crippen LogP) is 2.49. The molecule has 6 nitrogen and oxygen atoms in total. The first-order valence-corrected chi connectivity index (χ1v) is 10.7. The van der Waals surface area contributed by atoms with E-state index in [9.17, 15) is 4.79 Å². The Morgan fingerprint density at radius 1 is 0.931 bits per heavy atom. The van der Waals surface area contributed by atoms with Crippen molar-refractivity contribution in [2.45, 2.75) is 13.8 Å². The van der Waals surface area contributed by atoms with Crippen molar-refractivity contribution in [3.8, 4) is 0 Å². The van der Waals surface area contributed by atoms with Crippen molar-refractivity contribution in [1.29, 1.82) is 0 Å². The quantitative estimate of drug-likeness (QED) is 0.799. The second-order valence-corrected chi connectivity index (χ2v) is 7.94. The van der Waals surface area contributed by atoms with E-state index in [-0.39, 0.29) is 5.91 Å². The summed E-state index contributed by atoms with van der Waals surface area (Å²) in [5.41, 5.74) is 3.33. The number of aromatic nitrogens is 1. The number of carbonyl (C=O) groups is 1. The Balaban J connectivity index is 1.38. The molecule has 154 valence electrons. The Morgan fingerprint density at radius 2 is 1.66 bits per heavy atom. The number of likely N-dealkylation sites (N-methyl/N-ethyl adjacent to an activating group) is 1. The Morgan fingerprint density at radius 3 is 2.34 bits per heavy atom. The Hall–Kier alpha value is -2.60. The molecule has 6 heteroatoms. The molecule has 3 heterocycles. The average Bonchev–Trinajstić information content (AvgIpc) is 2.79. The van der Waals surface area contributed by atoms with E-state index in [1.54, 1.807) is 6.20 Å². The standard InChI is InChI=1S/C23H31N5O/c1-3-25-9-11-28(12-10-25)23(29)20-7-8-24-22(18-20)27-15-13-26(14-16-27)21-6-4-5-19(2)17-21/h4-8,17-18H,3,9-16H2,1-2H3. The van der Waals surface area contributed by atoms with E-state index in [0.29, 0.717) is 0 Å². The summed E-state index contributed by atoms with van der Waals surface area (Å²) in [5, 5.41) is 0. The largest absolute Gasteiger partial charge is 0.368 e. The fourth-order valence-corrected chi connectivity index (χ4v) is 4.19. The van der Waals surface area contributed by atoms with Crippen LogP contribution >= 0.6 is 0 Å². The molecule has 0 spiro atoms. The molecule has 0 bridgehead atoms. The van der Waals surface area contributed by atoms with Gasteiger partial charge in [0, 0.05) is 69.8 Å². The van der Waals surface area contributed by atoms with Gasteiger partial charge in [-0.25, -0.2) is 4.98 Å². The third kappa shape index (κ3) is 4.53. The lowest BCUT2D eigenvalue weighted by Gasteiger charge is -2.37. The third-order valence-corrected chi connectivity index (χ3v) is 6.07. The van der Waals surface area contributed by atoms with Gasteiger partial charge in [0.05, 0.1) is 0 Å². The molecule has 4 rings (SSSR count). The Bertz CT molecular complexity index is 839. The normalized spacial score (nSPS) is 18.2. The maximum atomic E-state index is 13.0. The van der Waals surface area contributed by atoms with Crippen molar-refractivity contribution in [1.82, 2.24) is 14.8 Å². The Labute approximate surface area is 173 Å². The second-order valence-electron chi connectivity index (χ2n) is 7.94. The molecule has 2 aliphatic rings. The maximum Gasteiger partial charge on any atom is 0.254 e. The summed E-state index contributed by atoms with van der Waals surface area (Å²) in [5.74, 6) is 1.04. The molecule has 1 aromatic carbocycles. The molecule has 0 radical (unpaired) electrons. The highest BCUT2D eigenvalue weighted by Gasteiger charge is 2.23. The average molecular weight is 394 g/mol. The summed E-state index contributed by atoms with van der Waals surface area (Å²) in [7, 11) is 0. The van der Waals surface area contributed by atoms with Gasteiger partial charge in [-0.3, -0.25) is 4.79 Å². The molecular formula is C23H31N5O. The minimum atomic E-state index is 0.128. The highest BCUT2D eigenvalue weighted by Crippen LogP contribution is 2.21. The molecule has 29 heavy (non-hydrogen) atoms. The van der Waals surface area contributed by atoms with Gasteiger partial charge < -0.3 is 19.6 Å². The molecule has 0 atom stereocenters. The van der Waals surface area contributed by atoms with E-state index in [0.717, 1.165) is 70.3 Å². The van der Waals surface area contributed by atoms with Crippen LogP contribution in [0.15, 0.2) is 42.6 Å². The molecule has 0 N–H and O–H groups in total. The molecular weight excluding hydrogens is 362 g/mol. The molecule has 2 aromatic rings. The number of hydrogen-bond donors (Lipinski definition) is 0. The van der Waals surface area contributed by atoms with Crippen LogP contribution in [0, 0.1) is 6.92 Å². The number of carbonyl (C=O) groups excluding carboxylic acids is 1. The van der Waals surface area contributed by atoms with E-state index >= 15 is 0 Å². The molecule has 0 saturated carbocycles. The van der Waals surface area contributed by atoms with Gasteiger partial charge in [-0.05, 0) is 43.3 Å². The number of anilines is 2. The molecule has 2 aliphatic heterocycles. The van der Waals surface area contributed by atoms with E-state index in [1.807, 2.05) is 17.0 Å². The minimum Gasteiger partial charge on any atom is -0.368 e. The summed E-state index contributed by atoms with van der Waals surface area (Å²) in [6.07, 6.45) is 1.78. The van der Waals surface area contributed by atoms with Crippen molar-refractivity contribution < 1.29 is 4.79 Å². The lowest BCUT2D eigenvalue weighted by Crippen LogP contribution is -2.48. The third-order valence-electron chi connectivity index (χ3n) is 6.07. The number of rotatable bonds is 4. The number of piperazine rings is 2. The van der Waals surface area contributed by atoms with Crippen LogP contribution in [0.25, 0.3) is 0 Å². The van der Waals surface area contributed by atoms with Gasteiger partial charge in [0.15, 0.2) is 0 Å². The van der Waals surface area contributed by atoms with Gasteiger partial charge in [0.2, 0.25) is 0 Å². The predicted molar refractivity (Wildman–Crippen MR) is 118 cm³/mol. The highest BCUT2D eigenvalue weighted by molar-refractivity contribution is 5.95. The van der Waals surface area contributed by atoms with Crippen molar-refractivity contribution in [2.75, 3.05) is 68.7 Å². The van der Waals surface area contributed by atoms with Crippen molar-refractivity contribution >= 4 is 17.4 Å². The van der Waals surface area contributed by atoms with Crippen LogP contribution < -0.4 is 9.80 Å². The van der Waals surface area contributed by atoms with E-state index in [1.165, 1.54) is 11.3 Å². The van der Waals surface area contributed by atoms with Gasteiger partial charge in [-0.15, -0.1) is 0 Å². The minimum absolute atomic E-state index is 0.128. The summed E-state index contributed by atoms with van der Waals surface area (Å²) >= 11 is 0. The van der Waals surface area contributed by atoms with Crippen LogP contribution in [0.4, 0.5) is 11.5 Å². The van der Waals surface area contributed by atoms with Gasteiger partial charge in [-0.2, -0.15) is 0 Å². The molecule has 0 unspecified atom stereocenters. The number of benzene rings is 1. The van der Waals surface area contributed by atoms with Crippen LogP contribution in [0.3, 0.4) is 0 Å². The van der Waals surface area contributed by atoms with Gasteiger partial charge in [-0.1, -0.05) is 19.1 Å². The zero-order chi connectivity index (χ0) is 20.2. The first-order valence-electron chi connectivity index (χ1n) is 10.7. The van der Waals surface area contributed by atoms with E-state index in [2.05, 4.69) is 57.8 Å². The summed E-state index contributed by atoms with van der Waals surface area (Å²) in [4.78, 5) is 26.6. The summed E-state index contributed by atoms with van der Waals surface area (Å²) in [6, 6.07) is 12.5. The monoisotopic (exact) mass is 393 g/mol. The fraction of sp³-hybridized carbons (Fsp3) is 0.478. The number of nitrogens with zero attached hydrogens (tertiary/aromatic N) is 5. The van der Waals surface area contributed by atoms with Gasteiger partial charge in [0.1, 0.15) is 5.82 Å². The van der Waals surface area contributed by atoms with Gasteiger partial charge >= 0.3 is 0 Å². The summed E-state index contributed by atoms with van der Waals surface area (Å²) in [6.45, 7) is 12.6. The van der Waals surface area contributed by atoms with Crippen LogP contribution in [-0.2, 0) is 0 Å².